The molecular formula is C13H11N5O2. The predicted octanol–water partition coefficient (Wildman–Crippen LogP) is 1.03. The quantitative estimate of drug-likeness (QED) is 0.789. The molecule has 0 radical (unpaired) electrons. The minimum atomic E-state index is -0.308. The number of nitrogens with zero attached hydrogens (tertiary/aromatic N) is 3. The number of carbonyl (C=O) groups is 2. The number of amides is 2. The summed E-state index contributed by atoms with van der Waals surface area (Å²) >= 11 is 0. The number of hydrogen-bond donors (Lipinski definition) is 2. The van der Waals surface area contributed by atoms with Crippen molar-refractivity contribution in [3.05, 3.63) is 41.5 Å². The molecule has 0 bridgehead atoms. The monoisotopic (exact) mass is 269 g/mol. The molecule has 1 aliphatic rings. The highest BCUT2D eigenvalue weighted by Gasteiger charge is 2.32. The Bertz CT molecular complexity index is 711. The molecular weight excluding hydrogens is 258 g/mol. The molecule has 100 valence electrons. The van der Waals surface area contributed by atoms with Gasteiger partial charge in [-0.3, -0.25) is 14.5 Å². The highest BCUT2D eigenvalue weighted by Crippen LogP contribution is 2.25. The Labute approximate surface area is 114 Å². The van der Waals surface area contributed by atoms with Crippen LogP contribution in [0.3, 0.4) is 0 Å². The summed E-state index contributed by atoms with van der Waals surface area (Å²) in [5, 5.41) is 10.6. The molecule has 0 fully saturated rings. The van der Waals surface area contributed by atoms with E-state index in [1.165, 1.54) is 7.05 Å². The molecule has 1 aliphatic heterocycles. The molecule has 0 atom stereocenters. The normalized spacial score (nSPS) is 13.6. The van der Waals surface area contributed by atoms with Crippen molar-refractivity contribution in [2.45, 2.75) is 0 Å². The van der Waals surface area contributed by atoms with Crippen LogP contribution in [-0.2, 0) is 0 Å². The van der Waals surface area contributed by atoms with E-state index < -0.39 is 0 Å². The third-order valence-corrected chi connectivity index (χ3v) is 3.05. The van der Waals surface area contributed by atoms with Crippen LogP contribution < -0.4 is 11.1 Å². The molecule has 3 N–H and O–H groups in total. The fourth-order valence-electron chi connectivity index (χ4n) is 2.00. The van der Waals surface area contributed by atoms with Crippen molar-refractivity contribution < 1.29 is 9.59 Å². The smallest absolute Gasteiger partial charge is 0.261 e. The number of nitrogen functional groups attached to an aromatic ring is 1. The Morgan fingerprint density at radius 3 is 2.50 bits per heavy atom. The largest absolute Gasteiger partial charge is 0.382 e. The molecule has 20 heavy (non-hydrogen) atoms. The van der Waals surface area contributed by atoms with E-state index in [2.05, 4.69) is 15.5 Å². The first-order valence-corrected chi connectivity index (χ1v) is 5.89. The van der Waals surface area contributed by atoms with Gasteiger partial charge in [0.15, 0.2) is 5.82 Å². The van der Waals surface area contributed by atoms with Crippen molar-refractivity contribution in [3.63, 3.8) is 0 Å². The summed E-state index contributed by atoms with van der Waals surface area (Å²) in [6.07, 6.45) is 0. The van der Waals surface area contributed by atoms with Crippen LogP contribution in [0.1, 0.15) is 20.7 Å². The van der Waals surface area contributed by atoms with E-state index in [1.54, 1.807) is 30.3 Å². The van der Waals surface area contributed by atoms with Crippen LogP contribution in [0.25, 0.3) is 0 Å². The molecule has 0 aliphatic carbocycles. The van der Waals surface area contributed by atoms with Gasteiger partial charge in [-0.15, -0.1) is 10.2 Å². The number of nitrogens with one attached hydrogen (secondary N) is 1. The third kappa shape index (κ3) is 1.85. The maximum Gasteiger partial charge on any atom is 0.261 e. The van der Waals surface area contributed by atoms with Gasteiger partial charge in [0, 0.05) is 12.7 Å². The molecule has 7 heteroatoms. The van der Waals surface area contributed by atoms with Crippen molar-refractivity contribution in [2.75, 3.05) is 18.1 Å². The molecule has 1 aromatic carbocycles. The third-order valence-electron chi connectivity index (χ3n) is 3.05. The molecule has 0 unspecified atom stereocenters. The lowest BCUT2D eigenvalue weighted by Gasteiger charge is -2.05. The van der Waals surface area contributed by atoms with Gasteiger partial charge in [-0.1, -0.05) is 0 Å². The topological polar surface area (TPSA) is 101 Å². The number of hydrogen-bond acceptors (Lipinski definition) is 6. The number of anilines is 3. The molecule has 2 heterocycles. The average molecular weight is 269 g/mol. The molecule has 0 spiro atoms. The van der Waals surface area contributed by atoms with Gasteiger partial charge in [-0.25, -0.2) is 0 Å². The number of carbonyl (C=O) groups excluding carboxylic acids is 2. The number of fused-ring (bicyclic) bond motifs is 1. The summed E-state index contributed by atoms with van der Waals surface area (Å²) in [6.45, 7) is 0. The van der Waals surface area contributed by atoms with Crippen molar-refractivity contribution in [1.29, 1.82) is 0 Å². The predicted molar refractivity (Wildman–Crippen MR) is 72.6 cm³/mol. The first-order chi connectivity index (χ1) is 9.56. The van der Waals surface area contributed by atoms with Gasteiger partial charge < -0.3 is 11.1 Å². The van der Waals surface area contributed by atoms with Crippen molar-refractivity contribution in [3.8, 4) is 0 Å². The van der Waals surface area contributed by atoms with Crippen LogP contribution in [0.4, 0.5) is 17.3 Å². The zero-order chi connectivity index (χ0) is 14.3. The molecule has 0 saturated heterocycles. The molecule has 1 aromatic heterocycles. The van der Waals surface area contributed by atoms with E-state index in [-0.39, 0.29) is 11.8 Å². The van der Waals surface area contributed by atoms with Crippen LogP contribution in [0.5, 0.6) is 0 Å². The van der Waals surface area contributed by atoms with Gasteiger partial charge in [0.1, 0.15) is 5.82 Å². The highest BCUT2D eigenvalue weighted by molar-refractivity contribution is 6.21. The van der Waals surface area contributed by atoms with Gasteiger partial charge >= 0.3 is 0 Å². The summed E-state index contributed by atoms with van der Waals surface area (Å²) in [5.74, 6) is 0.233. The van der Waals surface area contributed by atoms with Crippen molar-refractivity contribution >= 4 is 29.1 Å². The summed E-state index contributed by atoms with van der Waals surface area (Å²) in [4.78, 5) is 24.7. The molecule has 3 rings (SSSR count). The van der Waals surface area contributed by atoms with Crippen LogP contribution in [0, 0.1) is 0 Å². The van der Waals surface area contributed by atoms with Crippen LogP contribution in [0.15, 0.2) is 30.3 Å². The van der Waals surface area contributed by atoms with Crippen LogP contribution in [-0.4, -0.2) is 34.0 Å². The first kappa shape index (κ1) is 12.1. The van der Waals surface area contributed by atoms with E-state index in [0.29, 0.717) is 28.5 Å². The van der Waals surface area contributed by atoms with E-state index in [4.69, 9.17) is 5.73 Å². The van der Waals surface area contributed by atoms with Crippen LogP contribution in [0.2, 0.25) is 0 Å². The Morgan fingerprint density at radius 2 is 1.80 bits per heavy atom. The minimum Gasteiger partial charge on any atom is -0.382 e. The second kappa shape index (κ2) is 4.30. The molecule has 0 saturated carbocycles. The number of benzene rings is 1. The maximum atomic E-state index is 11.9. The fourth-order valence-corrected chi connectivity index (χ4v) is 2.00. The van der Waals surface area contributed by atoms with Gasteiger partial charge in [-0.05, 0) is 30.3 Å². The summed E-state index contributed by atoms with van der Waals surface area (Å²) < 4.78 is 0. The maximum absolute atomic E-state index is 11.9. The van der Waals surface area contributed by atoms with Gasteiger partial charge in [0.05, 0.1) is 11.1 Å². The number of aromatic nitrogens is 2. The van der Waals surface area contributed by atoms with Crippen molar-refractivity contribution in [1.82, 2.24) is 15.1 Å². The van der Waals surface area contributed by atoms with E-state index in [0.717, 1.165) is 4.90 Å². The average Bonchev–Trinajstić information content (AvgIpc) is 2.66. The Hall–Kier alpha value is -2.96. The second-order valence-corrected chi connectivity index (χ2v) is 4.40. The number of rotatable bonds is 2. The van der Waals surface area contributed by atoms with E-state index >= 15 is 0 Å². The molecule has 2 amide bonds. The van der Waals surface area contributed by atoms with Gasteiger partial charge in [0.2, 0.25) is 0 Å². The molecule has 7 nitrogen and oxygen atoms in total. The van der Waals surface area contributed by atoms with Crippen LogP contribution >= 0.6 is 0 Å². The standard InChI is InChI=1S/C13H11N5O2/c1-18-12(19)8-3-2-7(6-9(8)13(18)20)15-11-5-4-10(14)16-17-11/h2-6H,1H3,(H2,14,16)(H,15,17). The fraction of sp³-hybridized carbons (Fsp3) is 0.0769. The van der Waals surface area contributed by atoms with Gasteiger partial charge in [0.25, 0.3) is 11.8 Å². The summed E-state index contributed by atoms with van der Waals surface area (Å²) in [7, 11) is 1.46. The van der Waals surface area contributed by atoms with Gasteiger partial charge in [-0.2, -0.15) is 0 Å². The lowest BCUT2D eigenvalue weighted by molar-refractivity contribution is 0.0693. The Kier molecular flexibility index (Phi) is 2.60. The number of nitrogens with two attached hydrogens (primary N) is 1. The summed E-state index contributed by atoms with van der Waals surface area (Å²) in [5.41, 5.74) is 6.89. The Balaban J connectivity index is 1.92. The zero-order valence-electron chi connectivity index (χ0n) is 10.6. The summed E-state index contributed by atoms with van der Waals surface area (Å²) in [6, 6.07) is 8.24. The van der Waals surface area contributed by atoms with E-state index in [9.17, 15) is 9.59 Å². The second-order valence-electron chi connectivity index (χ2n) is 4.40. The SMILES string of the molecule is CN1C(=O)c2ccc(Nc3ccc(N)nn3)cc2C1=O. The van der Waals surface area contributed by atoms with Crippen molar-refractivity contribution in [2.24, 2.45) is 0 Å². The zero-order valence-corrected chi connectivity index (χ0v) is 10.6. The lowest BCUT2D eigenvalue weighted by atomic mass is 10.1. The lowest BCUT2D eigenvalue weighted by Crippen LogP contribution is -2.24. The Morgan fingerprint density at radius 1 is 1.05 bits per heavy atom. The van der Waals surface area contributed by atoms with E-state index in [1.807, 2.05) is 0 Å². The molecule has 2 aromatic rings. The highest BCUT2D eigenvalue weighted by atomic mass is 16.2. The minimum absolute atomic E-state index is 0.288. The number of imide groups is 1. The first-order valence-electron chi connectivity index (χ1n) is 5.89.